The van der Waals surface area contributed by atoms with Gasteiger partial charge in [-0.1, -0.05) is 28.9 Å². The second-order valence-electron chi connectivity index (χ2n) is 5.90. The lowest BCUT2D eigenvalue weighted by Crippen LogP contribution is -2.37. The smallest absolute Gasteiger partial charge is 0.263 e. The summed E-state index contributed by atoms with van der Waals surface area (Å²) >= 11 is 6.13. The molecular formula is C19H17ClFN3O3. The van der Waals surface area contributed by atoms with Gasteiger partial charge in [-0.2, -0.15) is 4.98 Å². The van der Waals surface area contributed by atoms with E-state index in [-0.39, 0.29) is 24.2 Å². The minimum absolute atomic E-state index is 0.118. The summed E-state index contributed by atoms with van der Waals surface area (Å²) in [6.07, 6.45) is -0.758. The lowest BCUT2D eigenvalue weighted by atomic mass is 10.2. The monoisotopic (exact) mass is 389 g/mol. The van der Waals surface area contributed by atoms with Gasteiger partial charge in [0.25, 0.3) is 5.91 Å². The predicted molar refractivity (Wildman–Crippen MR) is 97.7 cm³/mol. The first-order chi connectivity index (χ1) is 12.9. The zero-order valence-electron chi connectivity index (χ0n) is 14.7. The highest BCUT2D eigenvalue weighted by atomic mass is 35.5. The molecule has 140 valence electrons. The third kappa shape index (κ3) is 4.62. The molecule has 0 unspecified atom stereocenters. The summed E-state index contributed by atoms with van der Waals surface area (Å²) in [6, 6.07) is 12.6. The number of amides is 1. The van der Waals surface area contributed by atoms with Crippen molar-refractivity contribution in [1.29, 1.82) is 0 Å². The SMILES string of the molecule is C[C@@H](Oc1ccc(F)cc1)C(=O)N(C)Cc1nc(-c2ccccc2Cl)no1. The van der Waals surface area contributed by atoms with Crippen molar-refractivity contribution in [1.82, 2.24) is 15.0 Å². The Morgan fingerprint density at radius 3 is 2.67 bits per heavy atom. The third-order valence-corrected chi connectivity index (χ3v) is 4.14. The summed E-state index contributed by atoms with van der Waals surface area (Å²) in [5.41, 5.74) is 0.649. The van der Waals surface area contributed by atoms with Gasteiger partial charge in [-0.25, -0.2) is 4.39 Å². The van der Waals surface area contributed by atoms with Crippen LogP contribution in [0.3, 0.4) is 0 Å². The van der Waals surface area contributed by atoms with E-state index < -0.39 is 6.10 Å². The van der Waals surface area contributed by atoms with E-state index in [0.717, 1.165) is 0 Å². The second-order valence-corrected chi connectivity index (χ2v) is 6.31. The zero-order valence-corrected chi connectivity index (χ0v) is 15.5. The highest BCUT2D eigenvalue weighted by Gasteiger charge is 2.22. The van der Waals surface area contributed by atoms with Gasteiger partial charge in [-0.3, -0.25) is 4.79 Å². The molecule has 1 heterocycles. The maximum atomic E-state index is 12.9. The highest BCUT2D eigenvalue weighted by Crippen LogP contribution is 2.25. The lowest BCUT2D eigenvalue weighted by molar-refractivity contribution is -0.137. The number of rotatable bonds is 6. The van der Waals surface area contributed by atoms with Gasteiger partial charge in [0.05, 0.1) is 11.6 Å². The number of hydrogen-bond donors (Lipinski definition) is 0. The lowest BCUT2D eigenvalue weighted by Gasteiger charge is -2.20. The van der Waals surface area contributed by atoms with Gasteiger partial charge >= 0.3 is 0 Å². The van der Waals surface area contributed by atoms with Crippen molar-refractivity contribution < 1.29 is 18.4 Å². The summed E-state index contributed by atoms with van der Waals surface area (Å²) in [5.74, 6) is 0.382. The van der Waals surface area contributed by atoms with Crippen molar-refractivity contribution in [3.63, 3.8) is 0 Å². The molecular weight excluding hydrogens is 373 g/mol. The van der Waals surface area contributed by atoms with E-state index in [1.54, 1.807) is 26.1 Å². The predicted octanol–water partition coefficient (Wildman–Crippen LogP) is 3.96. The van der Waals surface area contributed by atoms with Crippen LogP contribution in [0.4, 0.5) is 4.39 Å². The van der Waals surface area contributed by atoms with Gasteiger partial charge < -0.3 is 14.2 Å². The van der Waals surface area contributed by atoms with Crippen LogP contribution in [0, 0.1) is 5.82 Å². The molecule has 0 aliphatic carbocycles. The Bertz CT molecular complexity index is 930. The van der Waals surface area contributed by atoms with Crippen LogP contribution in [0.1, 0.15) is 12.8 Å². The van der Waals surface area contributed by atoms with Crippen molar-refractivity contribution in [2.24, 2.45) is 0 Å². The maximum absolute atomic E-state index is 12.9. The number of carbonyl (C=O) groups is 1. The average molecular weight is 390 g/mol. The quantitative estimate of drug-likeness (QED) is 0.638. The van der Waals surface area contributed by atoms with Crippen molar-refractivity contribution in [3.05, 3.63) is 65.3 Å². The van der Waals surface area contributed by atoms with E-state index in [4.69, 9.17) is 20.9 Å². The fourth-order valence-electron chi connectivity index (χ4n) is 2.43. The standard InChI is InChI=1S/C19H17ClFN3O3/c1-12(26-14-9-7-13(21)8-10-14)19(25)24(2)11-17-22-18(23-27-17)15-5-3-4-6-16(15)20/h3-10,12H,11H2,1-2H3/t12-/m1/s1. The molecule has 3 rings (SSSR count). The van der Waals surface area contributed by atoms with Crippen LogP contribution in [-0.2, 0) is 11.3 Å². The van der Waals surface area contributed by atoms with Crippen LogP contribution >= 0.6 is 11.6 Å². The van der Waals surface area contributed by atoms with E-state index in [9.17, 15) is 9.18 Å². The molecule has 1 aromatic heterocycles. The van der Waals surface area contributed by atoms with Crippen molar-refractivity contribution in [2.45, 2.75) is 19.6 Å². The minimum Gasteiger partial charge on any atom is -0.481 e. The molecule has 8 heteroatoms. The Morgan fingerprint density at radius 1 is 1.26 bits per heavy atom. The molecule has 1 amide bonds. The molecule has 0 saturated carbocycles. The molecule has 3 aromatic rings. The number of likely N-dealkylation sites (N-methyl/N-ethyl adjacent to an activating group) is 1. The Balaban J connectivity index is 1.63. The van der Waals surface area contributed by atoms with Gasteiger partial charge in [-0.15, -0.1) is 0 Å². The Kier molecular flexibility index (Phi) is 5.71. The number of aromatic nitrogens is 2. The van der Waals surface area contributed by atoms with E-state index in [2.05, 4.69) is 10.1 Å². The maximum Gasteiger partial charge on any atom is 0.263 e. The zero-order chi connectivity index (χ0) is 19.4. The summed E-state index contributed by atoms with van der Waals surface area (Å²) in [7, 11) is 1.60. The van der Waals surface area contributed by atoms with Crippen LogP contribution in [0.5, 0.6) is 5.75 Å². The first-order valence-electron chi connectivity index (χ1n) is 8.18. The number of carbonyl (C=O) groups excluding carboxylic acids is 1. The Hall–Kier alpha value is -2.93. The first kappa shape index (κ1) is 18.8. The topological polar surface area (TPSA) is 68.5 Å². The second kappa shape index (κ2) is 8.18. The highest BCUT2D eigenvalue weighted by molar-refractivity contribution is 6.33. The van der Waals surface area contributed by atoms with Gasteiger partial charge in [0, 0.05) is 12.6 Å². The van der Waals surface area contributed by atoms with Crippen molar-refractivity contribution in [2.75, 3.05) is 7.05 Å². The van der Waals surface area contributed by atoms with Crippen LogP contribution in [0.15, 0.2) is 53.1 Å². The number of halogens is 2. The average Bonchev–Trinajstić information content (AvgIpc) is 3.11. The molecule has 0 fully saturated rings. The number of nitrogens with zero attached hydrogens (tertiary/aromatic N) is 3. The molecule has 0 N–H and O–H groups in total. The largest absolute Gasteiger partial charge is 0.481 e. The molecule has 6 nitrogen and oxygen atoms in total. The minimum atomic E-state index is -0.758. The number of benzene rings is 2. The third-order valence-electron chi connectivity index (χ3n) is 3.81. The summed E-state index contributed by atoms with van der Waals surface area (Å²) < 4.78 is 23.7. The molecule has 1 atom stereocenters. The van der Waals surface area contributed by atoms with E-state index in [1.807, 2.05) is 12.1 Å². The number of ether oxygens (including phenoxy) is 1. The van der Waals surface area contributed by atoms with Gasteiger partial charge in [0.15, 0.2) is 6.10 Å². The summed E-state index contributed by atoms with van der Waals surface area (Å²) in [4.78, 5) is 18.2. The first-order valence-corrected chi connectivity index (χ1v) is 8.56. The molecule has 0 aliphatic heterocycles. The molecule has 0 bridgehead atoms. The van der Waals surface area contributed by atoms with Crippen molar-refractivity contribution >= 4 is 17.5 Å². The Morgan fingerprint density at radius 2 is 1.96 bits per heavy atom. The van der Waals surface area contributed by atoms with E-state index >= 15 is 0 Å². The molecule has 0 radical (unpaired) electrons. The van der Waals surface area contributed by atoms with Gasteiger partial charge in [-0.05, 0) is 43.3 Å². The molecule has 0 aliphatic rings. The van der Waals surface area contributed by atoms with Crippen LogP contribution < -0.4 is 4.74 Å². The van der Waals surface area contributed by atoms with Crippen molar-refractivity contribution in [3.8, 4) is 17.1 Å². The van der Waals surface area contributed by atoms with Gasteiger partial charge in [0.1, 0.15) is 11.6 Å². The fourth-order valence-corrected chi connectivity index (χ4v) is 2.65. The molecule has 0 saturated heterocycles. The fraction of sp³-hybridized carbons (Fsp3) is 0.211. The Labute approximate surface area is 160 Å². The normalized spacial score (nSPS) is 11.9. The van der Waals surface area contributed by atoms with Crippen LogP contribution in [0.25, 0.3) is 11.4 Å². The molecule has 2 aromatic carbocycles. The molecule has 0 spiro atoms. The summed E-state index contributed by atoms with van der Waals surface area (Å²) in [6.45, 7) is 1.73. The van der Waals surface area contributed by atoms with E-state index in [1.165, 1.54) is 29.2 Å². The van der Waals surface area contributed by atoms with Crippen LogP contribution in [0.2, 0.25) is 5.02 Å². The van der Waals surface area contributed by atoms with Gasteiger partial charge in [0.2, 0.25) is 11.7 Å². The summed E-state index contributed by atoms with van der Waals surface area (Å²) in [5, 5.41) is 4.42. The number of hydrogen-bond acceptors (Lipinski definition) is 5. The van der Waals surface area contributed by atoms with Crippen LogP contribution in [-0.4, -0.2) is 34.1 Å². The molecule has 27 heavy (non-hydrogen) atoms. The van der Waals surface area contributed by atoms with E-state index in [0.29, 0.717) is 22.2 Å².